The molecule has 174 valence electrons. The second-order valence-corrected chi connectivity index (χ2v) is 9.15. The van der Waals surface area contributed by atoms with Crippen molar-refractivity contribution in [1.82, 2.24) is 0 Å². The van der Waals surface area contributed by atoms with Crippen molar-refractivity contribution < 1.29 is 23.7 Å². The number of carbonyl (C=O) groups is 1. The fourth-order valence-electron chi connectivity index (χ4n) is 4.12. The highest BCUT2D eigenvalue weighted by atomic mass is 16.6. The average Bonchev–Trinajstić information content (AvgIpc) is 3.64. The number of para-hydroxylation sites is 1. The molecule has 0 aliphatic carbocycles. The second kappa shape index (κ2) is 8.95. The summed E-state index contributed by atoms with van der Waals surface area (Å²) in [6, 6.07) is 15.7. The molecule has 0 radical (unpaired) electrons. The summed E-state index contributed by atoms with van der Waals surface area (Å²) < 4.78 is 22.1. The smallest absolute Gasteiger partial charge is 0.257 e. The molecular formula is C25H29N3O5. The second-order valence-electron chi connectivity index (χ2n) is 9.15. The lowest BCUT2D eigenvalue weighted by Crippen LogP contribution is -2.35. The number of ether oxygens (including phenoxy) is 4. The number of epoxide rings is 4. The van der Waals surface area contributed by atoms with Crippen molar-refractivity contribution in [1.29, 1.82) is 0 Å². The van der Waals surface area contributed by atoms with Gasteiger partial charge in [0, 0.05) is 37.6 Å². The Morgan fingerprint density at radius 1 is 0.758 bits per heavy atom. The molecule has 0 saturated carbocycles. The van der Waals surface area contributed by atoms with Gasteiger partial charge in [0.05, 0.1) is 62.1 Å². The maximum absolute atomic E-state index is 13.3. The van der Waals surface area contributed by atoms with E-state index in [1.54, 1.807) is 0 Å². The number of amides is 1. The molecule has 4 unspecified atom stereocenters. The van der Waals surface area contributed by atoms with Crippen molar-refractivity contribution in [2.75, 3.05) is 67.7 Å². The predicted molar refractivity (Wildman–Crippen MR) is 124 cm³/mol. The average molecular weight is 452 g/mol. The van der Waals surface area contributed by atoms with Gasteiger partial charge in [-0.1, -0.05) is 18.2 Å². The van der Waals surface area contributed by atoms with Crippen LogP contribution in [-0.2, 0) is 18.9 Å². The minimum atomic E-state index is -0.121. The third kappa shape index (κ3) is 5.65. The van der Waals surface area contributed by atoms with Crippen molar-refractivity contribution in [3.63, 3.8) is 0 Å². The van der Waals surface area contributed by atoms with Crippen LogP contribution in [-0.4, -0.2) is 82.9 Å². The molecule has 2 aromatic rings. The largest absolute Gasteiger partial charge is 0.371 e. The van der Waals surface area contributed by atoms with Crippen LogP contribution in [0.4, 0.5) is 17.1 Å². The maximum atomic E-state index is 13.3. The quantitative estimate of drug-likeness (QED) is 0.495. The summed E-state index contributed by atoms with van der Waals surface area (Å²) in [4.78, 5) is 17.9. The number of nitrogens with zero attached hydrogens (tertiary/aromatic N) is 2. The minimum Gasteiger partial charge on any atom is -0.371 e. The van der Waals surface area contributed by atoms with E-state index >= 15 is 0 Å². The Morgan fingerprint density at radius 2 is 1.27 bits per heavy atom. The summed E-state index contributed by atoms with van der Waals surface area (Å²) >= 11 is 0. The molecule has 1 N–H and O–H groups in total. The van der Waals surface area contributed by atoms with Gasteiger partial charge in [0.1, 0.15) is 0 Å². The lowest BCUT2D eigenvalue weighted by Gasteiger charge is -2.29. The van der Waals surface area contributed by atoms with Crippen LogP contribution in [0.15, 0.2) is 48.5 Å². The molecule has 0 aromatic heterocycles. The van der Waals surface area contributed by atoms with Gasteiger partial charge in [-0.25, -0.2) is 0 Å². The maximum Gasteiger partial charge on any atom is 0.257 e. The van der Waals surface area contributed by atoms with Crippen molar-refractivity contribution in [2.45, 2.75) is 24.4 Å². The lowest BCUT2D eigenvalue weighted by molar-refractivity contribution is 0.102. The third-order valence-electron chi connectivity index (χ3n) is 6.27. The Morgan fingerprint density at radius 3 is 1.79 bits per heavy atom. The monoisotopic (exact) mass is 451 g/mol. The van der Waals surface area contributed by atoms with E-state index < -0.39 is 0 Å². The molecule has 4 fully saturated rings. The van der Waals surface area contributed by atoms with Gasteiger partial charge in [-0.05, 0) is 30.3 Å². The first-order valence-electron chi connectivity index (χ1n) is 11.7. The molecule has 2 aromatic carbocycles. The van der Waals surface area contributed by atoms with Crippen molar-refractivity contribution in [3.05, 3.63) is 54.1 Å². The number of nitrogens with one attached hydrogen (secondary N) is 1. The first-order chi connectivity index (χ1) is 16.2. The number of hydrogen-bond donors (Lipinski definition) is 1. The molecule has 4 aliphatic rings. The Balaban J connectivity index is 1.32. The van der Waals surface area contributed by atoms with E-state index in [2.05, 4.69) is 21.2 Å². The van der Waals surface area contributed by atoms with Gasteiger partial charge in [-0.2, -0.15) is 0 Å². The van der Waals surface area contributed by atoms with Gasteiger partial charge in [-0.3, -0.25) is 4.79 Å². The fraction of sp³-hybridized carbons (Fsp3) is 0.480. The summed E-state index contributed by atoms with van der Waals surface area (Å²) in [6.45, 7) is 6.26. The van der Waals surface area contributed by atoms with Gasteiger partial charge in [-0.15, -0.1) is 0 Å². The van der Waals surface area contributed by atoms with Crippen LogP contribution in [0.1, 0.15) is 10.4 Å². The molecule has 0 spiro atoms. The van der Waals surface area contributed by atoms with Crippen molar-refractivity contribution in [2.24, 2.45) is 0 Å². The fourth-order valence-corrected chi connectivity index (χ4v) is 4.12. The van der Waals surface area contributed by atoms with E-state index in [1.807, 2.05) is 42.5 Å². The number of carbonyl (C=O) groups excluding carboxylic acids is 1. The number of anilines is 3. The zero-order chi connectivity index (χ0) is 22.2. The SMILES string of the molecule is O=C(Nc1ccccc1)c1ccc(N(CC2CO2)CC2CO2)cc1N(CC1CO1)CC1CO1. The van der Waals surface area contributed by atoms with E-state index in [4.69, 9.17) is 18.9 Å². The molecule has 8 heteroatoms. The third-order valence-corrected chi connectivity index (χ3v) is 6.27. The molecule has 0 bridgehead atoms. The highest BCUT2D eigenvalue weighted by Gasteiger charge is 2.34. The number of rotatable bonds is 12. The summed E-state index contributed by atoms with van der Waals surface area (Å²) in [6.07, 6.45) is 0.940. The first-order valence-corrected chi connectivity index (χ1v) is 11.7. The molecule has 4 atom stereocenters. The highest BCUT2D eigenvalue weighted by molar-refractivity contribution is 6.08. The van der Waals surface area contributed by atoms with Crippen LogP contribution in [0, 0.1) is 0 Å². The minimum absolute atomic E-state index is 0.121. The Bertz CT molecular complexity index is 959. The summed E-state index contributed by atoms with van der Waals surface area (Å²) in [5, 5.41) is 3.04. The Kier molecular flexibility index (Phi) is 5.67. The first kappa shape index (κ1) is 20.9. The van der Waals surface area contributed by atoms with Gasteiger partial charge < -0.3 is 34.1 Å². The topological polar surface area (TPSA) is 85.7 Å². The molecule has 6 rings (SSSR count). The predicted octanol–water partition coefficient (Wildman–Crippen LogP) is 2.15. The van der Waals surface area contributed by atoms with Gasteiger partial charge in [0.2, 0.25) is 0 Å². The zero-order valence-electron chi connectivity index (χ0n) is 18.5. The van der Waals surface area contributed by atoms with Crippen LogP contribution in [0.25, 0.3) is 0 Å². The highest BCUT2D eigenvalue weighted by Crippen LogP contribution is 2.32. The summed E-state index contributed by atoms with van der Waals surface area (Å²) in [7, 11) is 0. The van der Waals surface area contributed by atoms with Crippen molar-refractivity contribution >= 4 is 23.0 Å². The molecule has 4 heterocycles. The van der Waals surface area contributed by atoms with Crippen molar-refractivity contribution in [3.8, 4) is 0 Å². The van der Waals surface area contributed by atoms with E-state index in [-0.39, 0.29) is 30.3 Å². The zero-order valence-corrected chi connectivity index (χ0v) is 18.5. The molecular weight excluding hydrogens is 422 g/mol. The number of benzene rings is 2. The molecule has 4 saturated heterocycles. The van der Waals surface area contributed by atoms with E-state index in [0.717, 1.165) is 69.7 Å². The summed E-state index contributed by atoms with van der Waals surface area (Å²) in [5.41, 5.74) is 3.41. The van der Waals surface area contributed by atoms with E-state index in [1.165, 1.54) is 0 Å². The van der Waals surface area contributed by atoms with E-state index in [9.17, 15) is 4.79 Å². The Hall–Kier alpha value is -2.65. The van der Waals surface area contributed by atoms with Gasteiger partial charge >= 0.3 is 0 Å². The molecule has 8 nitrogen and oxygen atoms in total. The Labute approximate surface area is 193 Å². The lowest BCUT2D eigenvalue weighted by atomic mass is 10.1. The van der Waals surface area contributed by atoms with Crippen LogP contribution >= 0.6 is 0 Å². The van der Waals surface area contributed by atoms with Crippen LogP contribution in [0.5, 0.6) is 0 Å². The van der Waals surface area contributed by atoms with E-state index in [0.29, 0.717) is 5.56 Å². The normalized spacial score (nSPS) is 26.4. The van der Waals surface area contributed by atoms with Gasteiger partial charge in [0.25, 0.3) is 5.91 Å². The van der Waals surface area contributed by atoms with Crippen LogP contribution in [0.3, 0.4) is 0 Å². The summed E-state index contributed by atoms with van der Waals surface area (Å²) in [5.74, 6) is -0.121. The molecule has 4 aliphatic heterocycles. The molecule has 1 amide bonds. The molecule has 33 heavy (non-hydrogen) atoms. The number of hydrogen-bond acceptors (Lipinski definition) is 7. The standard InChI is InChI=1S/C25H29N3O5/c29-25(26-17-4-2-1-3-5-17)23-7-6-18(27(9-19-13-30-19)10-20-14-31-20)8-24(23)28(11-21-15-32-21)12-22-16-33-22/h1-8,19-22H,9-16H2,(H,26,29). The van der Waals surface area contributed by atoms with Gasteiger partial charge in [0.15, 0.2) is 0 Å². The van der Waals surface area contributed by atoms with Crippen LogP contribution in [0.2, 0.25) is 0 Å². The van der Waals surface area contributed by atoms with Crippen LogP contribution < -0.4 is 15.1 Å².